The summed E-state index contributed by atoms with van der Waals surface area (Å²) >= 11 is 3.61. The van der Waals surface area contributed by atoms with Crippen LogP contribution in [-0.4, -0.2) is 38.0 Å². The van der Waals surface area contributed by atoms with E-state index in [2.05, 4.69) is 95.6 Å². The molecule has 0 aliphatic heterocycles. The minimum atomic E-state index is -0.0971. The third-order valence-electron chi connectivity index (χ3n) is 8.69. The summed E-state index contributed by atoms with van der Waals surface area (Å²) in [5.41, 5.74) is 10.7. The van der Waals surface area contributed by atoms with Crippen LogP contribution in [0.1, 0.15) is 109 Å². The van der Waals surface area contributed by atoms with E-state index in [4.69, 9.17) is 14.6 Å². The van der Waals surface area contributed by atoms with E-state index in [9.17, 15) is 9.59 Å². The van der Waals surface area contributed by atoms with E-state index >= 15 is 0 Å². The van der Waals surface area contributed by atoms with Gasteiger partial charge < -0.3 is 14.6 Å². The van der Waals surface area contributed by atoms with Crippen LogP contribution < -0.4 is 9.47 Å². The number of halogens is 1. The van der Waals surface area contributed by atoms with E-state index in [-0.39, 0.29) is 34.2 Å². The van der Waals surface area contributed by atoms with Crippen LogP contribution in [0.2, 0.25) is 0 Å². The Kier molecular flexibility index (Phi) is 11.2. The van der Waals surface area contributed by atoms with Gasteiger partial charge in [0.15, 0.2) is 11.6 Å². The van der Waals surface area contributed by atoms with E-state index in [0.29, 0.717) is 0 Å². The highest BCUT2D eigenvalue weighted by Gasteiger charge is 2.36. The van der Waals surface area contributed by atoms with E-state index in [1.807, 2.05) is 19.9 Å². The van der Waals surface area contributed by atoms with Gasteiger partial charge in [0, 0.05) is 46.8 Å². The summed E-state index contributed by atoms with van der Waals surface area (Å²) in [6.07, 6.45) is 1.59. The molecule has 244 valence electrons. The molecule has 0 saturated heterocycles. The zero-order valence-corrected chi connectivity index (χ0v) is 31.0. The fraction of sp³-hybridized carbons (Fsp3) is 0.487. The van der Waals surface area contributed by atoms with Crippen molar-refractivity contribution in [2.75, 3.05) is 21.3 Å². The van der Waals surface area contributed by atoms with Gasteiger partial charge in [0.1, 0.15) is 11.5 Å². The number of hydrogen-bond donors (Lipinski definition) is 1. The van der Waals surface area contributed by atoms with Crippen molar-refractivity contribution in [2.24, 2.45) is 11.8 Å². The van der Waals surface area contributed by atoms with Crippen LogP contribution in [0.25, 0.3) is 11.1 Å². The lowest BCUT2D eigenvalue weighted by molar-refractivity contribution is 0.0939. The maximum absolute atomic E-state index is 12.8. The van der Waals surface area contributed by atoms with Gasteiger partial charge in [-0.05, 0) is 82.3 Å². The summed E-state index contributed by atoms with van der Waals surface area (Å²) in [6, 6.07) is 10.7. The average Bonchev–Trinajstić information content (AvgIpc) is 3.41. The van der Waals surface area contributed by atoms with Crippen molar-refractivity contribution in [3.8, 4) is 22.6 Å². The van der Waals surface area contributed by atoms with Crippen molar-refractivity contribution in [2.45, 2.75) is 92.9 Å². The molecular formula is C39H51BrO5. The number of ketones is 2. The largest absolute Gasteiger partial charge is 0.496 e. The summed E-state index contributed by atoms with van der Waals surface area (Å²) in [5.74, 6) is 2.41. The number of fused-ring (bicyclic) bond motifs is 2. The number of rotatable bonds is 3. The molecule has 0 spiro atoms. The zero-order chi connectivity index (χ0) is 34.2. The molecule has 0 aromatic heterocycles. The summed E-state index contributed by atoms with van der Waals surface area (Å²) in [4.78, 5) is 24.9. The van der Waals surface area contributed by atoms with Gasteiger partial charge in [0.05, 0.1) is 18.7 Å². The number of methoxy groups -OCH3 is 2. The van der Waals surface area contributed by atoms with Crippen LogP contribution in [0.4, 0.5) is 0 Å². The van der Waals surface area contributed by atoms with Crippen molar-refractivity contribution < 1.29 is 24.2 Å². The Morgan fingerprint density at radius 3 is 1.51 bits per heavy atom. The molecule has 5 nitrogen and oxygen atoms in total. The molecule has 45 heavy (non-hydrogen) atoms. The molecule has 2 aliphatic carbocycles. The molecule has 0 radical (unpaired) electrons. The van der Waals surface area contributed by atoms with Crippen LogP contribution in [0.5, 0.6) is 11.5 Å². The highest BCUT2D eigenvalue weighted by atomic mass is 79.9. The number of Topliss-reactive ketones (excluding diaryl/α,β-unsaturated/α-hetero) is 2. The quantitative estimate of drug-likeness (QED) is 0.299. The fourth-order valence-corrected chi connectivity index (χ4v) is 7.25. The minimum Gasteiger partial charge on any atom is -0.496 e. The van der Waals surface area contributed by atoms with Gasteiger partial charge in [-0.15, -0.1) is 0 Å². The number of aryl methyl sites for hydroxylation is 2. The third kappa shape index (κ3) is 7.23. The molecule has 0 fully saturated rings. The Hall–Kier alpha value is -2.96. The molecule has 0 amide bonds. The van der Waals surface area contributed by atoms with E-state index < -0.39 is 0 Å². The van der Waals surface area contributed by atoms with Gasteiger partial charge >= 0.3 is 0 Å². The SMILES string of the molecule is CO.COc1c(C(C)(C)C)cc2c(c1-c1cc(C)cc(C)c1)CC(C)C2=O.COc1c(C(C)(C)C)cc2c(c1Br)CC(C)C2=O. The molecule has 2 aliphatic rings. The predicted octanol–water partition coefficient (Wildman–Crippen LogP) is 9.39. The van der Waals surface area contributed by atoms with Gasteiger partial charge in [-0.25, -0.2) is 0 Å². The van der Waals surface area contributed by atoms with Crippen LogP contribution in [0.15, 0.2) is 34.8 Å². The summed E-state index contributed by atoms with van der Waals surface area (Å²) in [6.45, 7) is 21.2. The van der Waals surface area contributed by atoms with Crippen LogP contribution in [0, 0.1) is 25.7 Å². The van der Waals surface area contributed by atoms with Crippen LogP contribution in [0.3, 0.4) is 0 Å². The molecular weight excluding hydrogens is 628 g/mol. The second-order valence-corrected chi connectivity index (χ2v) is 15.3. The Bertz CT molecular complexity index is 1580. The number of aliphatic hydroxyl groups is 1. The van der Waals surface area contributed by atoms with Crippen molar-refractivity contribution in [1.29, 1.82) is 0 Å². The Morgan fingerprint density at radius 2 is 1.09 bits per heavy atom. The van der Waals surface area contributed by atoms with Crippen molar-refractivity contribution in [3.63, 3.8) is 0 Å². The van der Waals surface area contributed by atoms with Crippen molar-refractivity contribution in [1.82, 2.24) is 0 Å². The number of carbonyl (C=O) groups is 2. The van der Waals surface area contributed by atoms with Gasteiger partial charge in [-0.3, -0.25) is 9.59 Å². The lowest BCUT2D eigenvalue weighted by Gasteiger charge is -2.26. The first kappa shape index (κ1) is 36.5. The van der Waals surface area contributed by atoms with E-state index in [1.54, 1.807) is 14.2 Å². The van der Waals surface area contributed by atoms with E-state index in [1.165, 1.54) is 11.1 Å². The van der Waals surface area contributed by atoms with Crippen molar-refractivity contribution >= 4 is 27.5 Å². The summed E-state index contributed by atoms with van der Waals surface area (Å²) < 4.78 is 12.4. The molecule has 0 saturated carbocycles. The summed E-state index contributed by atoms with van der Waals surface area (Å²) in [5, 5.41) is 7.00. The minimum absolute atomic E-state index is 0.0413. The first-order valence-corrected chi connectivity index (χ1v) is 16.5. The van der Waals surface area contributed by atoms with Crippen LogP contribution in [-0.2, 0) is 23.7 Å². The maximum atomic E-state index is 12.8. The standard InChI is InChI=1S/C23H28O2.C15H19BrO2.CH4O/c1-13-8-14(2)10-16(9-13)20-17-11-15(3)21(24)18(17)12-19(22(20)25-7)23(4,5)6;1-8-6-9-10(13(8)17)7-11(15(2,3)4)14(18-5)12(9)16;1-2/h8-10,12,15H,11H2,1-7H3;7-8H,6H2,1-5H3;2H,1H3. The van der Waals surface area contributed by atoms with Gasteiger partial charge in [0.2, 0.25) is 0 Å². The first-order chi connectivity index (χ1) is 20.9. The smallest absolute Gasteiger partial charge is 0.166 e. The van der Waals surface area contributed by atoms with Gasteiger partial charge in [-0.1, -0.05) is 84.7 Å². The third-order valence-corrected chi connectivity index (χ3v) is 9.53. The first-order valence-electron chi connectivity index (χ1n) is 15.7. The molecule has 6 heteroatoms. The second-order valence-electron chi connectivity index (χ2n) is 14.5. The lowest BCUT2D eigenvalue weighted by Crippen LogP contribution is -2.15. The molecule has 1 N–H and O–H groups in total. The summed E-state index contributed by atoms with van der Waals surface area (Å²) in [7, 11) is 4.42. The fourth-order valence-electron chi connectivity index (χ4n) is 6.50. The molecule has 0 bridgehead atoms. The monoisotopic (exact) mass is 678 g/mol. The molecule has 2 unspecified atom stereocenters. The molecule has 2 atom stereocenters. The Morgan fingerprint density at radius 1 is 0.689 bits per heavy atom. The molecule has 3 aromatic carbocycles. The number of benzene rings is 3. The van der Waals surface area contributed by atoms with Gasteiger partial charge in [0.25, 0.3) is 0 Å². The molecule has 0 heterocycles. The Labute approximate surface area is 278 Å². The van der Waals surface area contributed by atoms with Crippen LogP contribution >= 0.6 is 15.9 Å². The zero-order valence-electron chi connectivity index (χ0n) is 29.4. The highest BCUT2D eigenvalue weighted by molar-refractivity contribution is 9.10. The number of carbonyl (C=O) groups excluding carboxylic acids is 2. The maximum Gasteiger partial charge on any atom is 0.166 e. The lowest BCUT2D eigenvalue weighted by atomic mass is 9.81. The Balaban J connectivity index is 0.000000244. The van der Waals surface area contributed by atoms with E-state index in [0.717, 1.165) is 80.4 Å². The molecule has 5 rings (SSSR count). The highest BCUT2D eigenvalue weighted by Crippen LogP contribution is 2.47. The van der Waals surface area contributed by atoms with Gasteiger partial charge in [-0.2, -0.15) is 0 Å². The average molecular weight is 680 g/mol. The number of hydrogen-bond acceptors (Lipinski definition) is 5. The normalized spacial score (nSPS) is 17.1. The topological polar surface area (TPSA) is 72.8 Å². The number of aliphatic hydroxyl groups excluding tert-OH is 1. The van der Waals surface area contributed by atoms with Crippen molar-refractivity contribution in [3.05, 3.63) is 79.3 Å². The molecule has 3 aromatic rings. The predicted molar refractivity (Wildman–Crippen MR) is 189 cm³/mol. The second kappa shape index (κ2) is 13.8. The number of ether oxygens (including phenoxy) is 2.